The molecule has 4 aromatic rings. The second-order valence-electron chi connectivity index (χ2n) is 20.1. The number of rotatable bonds is 31. The minimum atomic E-state index is -0.948. The lowest BCUT2D eigenvalue weighted by molar-refractivity contribution is -0.144. The molecule has 0 spiro atoms. The number of β-amino-alcohol motifs (C(OH)–C–C–N with tert-alkyl or cyclic N) is 1. The lowest BCUT2D eigenvalue weighted by Gasteiger charge is -2.35. The maximum atomic E-state index is 13.9. The van der Waals surface area contributed by atoms with E-state index in [1.807, 2.05) is 52.0 Å². The summed E-state index contributed by atoms with van der Waals surface area (Å²) in [4.78, 5) is 86.2. The molecule has 25 heteroatoms. The molecule has 0 unspecified atom stereocenters. The van der Waals surface area contributed by atoms with Gasteiger partial charge in [-0.15, -0.1) is 11.3 Å². The van der Waals surface area contributed by atoms with E-state index in [9.17, 15) is 33.9 Å². The second kappa shape index (κ2) is 32.0. The van der Waals surface area contributed by atoms with E-state index in [4.69, 9.17) is 46.9 Å². The first kappa shape index (κ1) is 62.6. The van der Waals surface area contributed by atoms with Gasteiger partial charge in [0.15, 0.2) is 5.69 Å². The summed E-state index contributed by atoms with van der Waals surface area (Å²) in [6.07, 6.45) is 2.38. The van der Waals surface area contributed by atoms with Crippen LogP contribution in [0.15, 0.2) is 54.2 Å². The number of likely N-dealkylation sites (tertiary alicyclic amines) is 1. The van der Waals surface area contributed by atoms with Crippen LogP contribution in [0.5, 0.6) is 0 Å². The minimum Gasteiger partial charge on any atom is -0.391 e. The molecule has 6 amide bonds. The smallest absolute Gasteiger partial charge is 0.274 e. The van der Waals surface area contributed by atoms with Gasteiger partial charge in [-0.1, -0.05) is 74.3 Å². The van der Waals surface area contributed by atoms with Gasteiger partial charge in [-0.25, -0.2) is 4.98 Å². The molecule has 2 aromatic carbocycles. The number of amides is 6. The summed E-state index contributed by atoms with van der Waals surface area (Å²) in [7, 11) is 0. The highest BCUT2D eigenvalue weighted by molar-refractivity contribution is 7.13. The Bertz CT molecular complexity index is 2610. The highest BCUT2D eigenvalue weighted by Crippen LogP contribution is 2.29. The largest absolute Gasteiger partial charge is 0.391 e. The summed E-state index contributed by atoms with van der Waals surface area (Å²) >= 11 is 14.1. The van der Waals surface area contributed by atoms with Gasteiger partial charge in [-0.3, -0.25) is 33.4 Å². The van der Waals surface area contributed by atoms with Crippen molar-refractivity contribution in [1.29, 1.82) is 0 Å². The van der Waals surface area contributed by atoms with Crippen LogP contribution in [0.2, 0.25) is 10.0 Å². The fourth-order valence-corrected chi connectivity index (χ4v) is 10.0. The average Bonchev–Trinajstić information content (AvgIpc) is 4.18. The number of anilines is 1. The van der Waals surface area contributed by atoms with Gasteiger partial charge >= 0.3 is 0 Å². The molecule has 0 aliphatic carbocycles. The molecular weight excluding hydrogens is 1080 g/mol. The Hall–Kier alpha value is -5.60. The van der Waals surface area contributed by atoms with Crippen LogP contribution in [0.4, 0.5) is 5.69 Å². The first-order valence-electron chi connectivity index (χ1n) is 26.5. The first-order chi connectivity index (χ1) is 38.0. The fourth-order valence-electron chi connectivity index (χ4n) is 8.64. The third-order valence-corrected chi connectivity index (χ3v) is 14.5. The molecule has 79 heavy (non-hydrogen) atoms. The van der Waals surface area contributed by atoms with Crippen LogP contribution in [0.3, 0.4) is 0 Å². The Morgan fingerprint density at radius 3 is 1.99 bits per heavy atom. The van der Waals surface area contributed by atoms with E-state index in [-0.39, 0.29) is 129 Å². The molecule has 2 aromatic heterocycles. The molecule has 7 N–H and O–H groups in total. The summed E-state index contributed by atoms with van der Waals surface area (Å²) in [5.74, 6) is -2.46. The number of thiazole rings is 1. The summed E-state index contributed by atoms with van der Waals surface area (Å²) in [5, 5.41) is 32.8. The van der Waals surface area contributed by atoms with Gasteiger partial charge in [0.2, 0.25) is 23.6 Å². The molecule has 22 nitrogen and oxygen atoms in total. The topological polar surface area (TPSA) is 275 Å². The van der Waals surface area contributed by atoms with E-state index in [1.54, 1.807) is 35.0 Å². The maximum absolute atomic E-state index is 13.9. The summed E-state index contributed by atoms with van der Waals surface area (Å²) in [6, 6.07) is 10.7. The Balaban J connectivity index is 0.763. The fraction of sp³-hybridized carbons (Fsp3) is 0.556. The van der Waals surface area contributed by atoms with Crippen molar-refractivity contribution in [3.8, 4) is 10.4 Å². The van der Waals surface area contributed by atoms with E-state index in [1.165, 1.54) is 15.8 Å². The quantitative estimate of drug-likeness (QED) is 0.0349. The molecule has 4 heterocycles. The van der Waals surface area contributed by atoms with Gasteiger partial charge in [0, 0.05) is 51.1 Å². The van der Waals surface area contributed by atoms with Gasteiger partial charge < -0.3 is 65.6 Å². The van der Waals surface area contributed by atoms with Crippen molar-refractivity contribution in [2.75, 3.05) is 97.6 Å². The SMILES string of the molecule is Cc1ncsc1-c1ccc(CNC(=O)[C@@H]2C[C@@H](O)CN2C(=O)[C@@H](NC(=O)CCOCCOCCOCCOCCOCCC(=O)NCCn2cc(NC(=O)c3c(Cl)cccc3Cl)c(C(=O)NC3CCNCC3)n2)C(C)(C)C)cc1. The zero-order chi connectivity index (χ0) is 56.7. The highest BCUT2D eigenvalue weighted by atomic mass is 35.5. The van der Waals surface area contributed by atoms with E-state index in [0.29, 0.717) is 33.0 Å². The molecule has 0 bridgehead atoms. The minimum absolute atomic E-state index is 0.00477. The van der Waals surface area contributed by atoms with Crippen LogP contribution in [0.1, 0.15) is 85.0 Å². The van der Waals surface area contributed by atoms with Crippen molar-refractivity contribution in [2.24, 2.45) is 5.41 Å². The Morgan fingerprint density at radius 1 is 0.810 bits per heavy atom. The first-order valence-corrected chi connectivity index (χ1v) is 28.2. The van der Waals surface area contributed by atoms with Crippen molar-refractivity contribution in [3.63, 3.8) is 0 Å². The number of halogens is 2. The number of hydrogen-bond acceptors (Lipinski definition) is 16. The molecule has 2 saturated heterocycles. The predicted molar refractivity (Wildman–Crippen MR) is 298 cm³/mol. The van der Waals surface area contributed by atoms with Crippen molar-refractivity contribution >= 4 is 75.7 Å². The van der Waals surface area contributed by atoms with E-state index in [0.717, 1.165) is 47.6 Å². The van der Waals surface area contributed by atoms with Crippen molar-refractivity contribution in [2.45, 2.75) is 97.1 Å². The van der Waals surface area contributed by atoms with Crippen LogP contribution in [-0.2, 0) is 56.0 Å². The summed E-state index contributed by atoms with van der Waals surface area (Å²) < 4.78 is 29.3. The summed E-state index contributed by atoms with van der Waals surface area (Å²) in [5.41, 5.74) is 4.27. The molecule has 2 fully saturated rings. The third kappa shape index (κ3) is 20.2. The maximum Gasteiger partial charge on any atom is 0.274 e. The number of nitrogens with one attached hydrogen (secondary N) is 6. The zero-order valence-electron chi connectivity index (χ0n) is 45.2. The van der Waals surface area contributed by atoms with Crippen molar-refractivity contribution in [1.82, 2.24) is 46.2 Å². The second-order valence-corrected chi connectivity index (χ2v) is 21.7. The van der Waals surface area contributed by atoms with Crippen LogP contribution in [0, 0.1) is 12.3 Å². The number of aliphatic hydroxyl groups is 1. The monoisotopic (exact) mass is 1160 g/mol. The molecule has 3 atom stereocenters. The molecule has 0 saturated carbocycles. The number of aryl methyl sites for hydroxylation is 1. The number of benzene rings is 2. The number of piperidine rings is 1. The van der Waals surface area contributed by atoms with Crippen molar-refractivity contribution in [3.05, 3.63) is 86.7 Å². The molecule has 432 valence electrons. The van der Waals surface area contributed by atoms with Crippen molar-refractivity contribution < 1.29 is 57.6 Å². The number of ether oxygens (including phenoxy) is 5. The average molecular weight is 1160 g/mol. The Kier molecular flexibility index (Phi) is 25.4. The Morgan fingerprint density at radius 2 is 1.41 bits per heavy atom. The molecular formula is C54H74Cl2N10O12S. The highest BCUT2D eigenvalue weighted by Gasteiger charge is 2.44. The molecule has 0 radical (unpaired) electrons. The van der Waals surface area contributed by atoms with Gasteiger partial charge in [-0.2, -0.15) is 5.10 Å². The van der Waals surface area contributed by atoms with Crippen LogP contribution in [-0.4, -0.2) is 177 Å². The summed E-state index contributed by atoms with van der Waals surface area (Å²) in [6.45, 7) is 12.4. The van der Waals surface area contributed by atoms with E-state index in [2.05, 4.69) is 42.0 Å². The van der Waals surface area contributed by atoms with Gasteiger partial charge in [-0.05, 0) is 61.5 Å². The van der Waals surface area contributed by atoms with Crippen LogP contribution in [0.25, 0.3) is 10.4 Å². The van der Waals surface area contributed by atoms with E-state index >= 15 is 0 Å². The lowest BCUT2D eigenvalue weighted by Crippen LogP contribution is -2.57. The zero-order valence-corrected chi connectivity index (χ0v) is 47.6. The third-order valence-electron chi connectivity index (χ3n) is 12.9. The number of carbonyl (C=O) groups excluding carboxylic acids is 6. The number of nitrogens with zero attached hydrogens (tertiary/aromatic N) is 4. The normalized spacial score (nSPS) is 16.1. The van der Waals surface area contributed by atoms with Crippen LogP contribution >= 0.6 is 34.5 Å². The number of aliphatic hydroxyl groups excluding tert-OH is 1. The Labute approximate surface area is 474 Å². The number of carbonyl (C=O) groups is 6. The van der Waals surface area contributed by atoms with Gasteiger partial charge in [0.05, 0.1) is 116 Å². The standard InChI is InChI=1S/C54H74Cl2N10O12S/c1-35-48(79-34-60-35)37-10-8-36(9-11-37)31-59-50(70)43-30-39(67)32-66(43)53(73)49(54(2,3)4)63-45(69)15-21-75-23-25-77-27-29-78-28-26-76-24-22-74-20-14-44(68)58-18-19-65-33-42(62-51(71)46-40(55)6-5-7-41(46)56)47(64-65)52(72)61-38-12-16-57-17-13-38/h5-11,33-34,38-39,43,49,57,67H,12-32H2,1-4H3,(H,58,68)(H,59,70)(H,61,72)(H,62,71)(H,63,69)/t39-,43+,49-/m1/s1. The number of hydrogen-bond donors (Lipinski definition) is 7. The van der Waals surface area contributed by atoms with Gasteiger partial charge in [0.1, 0.15) is 12.1 Å². The molecule has 6 rings (SSSR count). The molecule has 2 aliphatic rings. The van der Waals surface area contributed by atoms with Crippen LogP contribution < -0.4 is 31.9 Å². The van der Waals surface area contributed by atoms with E-state index < -0.39 is 41.3 Å². The predicted octanol–water partition coefficient (Wildman–Crippen LogP) is 4.14. The molecule has 2 aliphatic heterocycles. The number of aromatic nitrogens is 3. The van der Waals surface area contributed by atoms with Gasteiger partial charge in [0.25, 0.3) is 11.8 Å². The lowest BCUT2D eigenvalue weighted by atomic mass is 9.85.